The molecule has 0 aliphatic rings. The number of sulfonamides is 1. The quantitative estimate of drug-likeness (QED) is 0.788. The molecule has 0 saturated carbocycles. The molecule has 0 amide bonds. The Balaban J connectivity index is 2.72. The van der Waals surface area contributed by atoms with E-state index in [0.29, 0.717) is 5.82 Å². The molecule has 0 fully saturated rings. The van der Waals surface area contributed by atoms with E-state index in [4.69, 9.17) is 0 Å². The lowest BCUT2D eigenvalue weighted by molar-refractivity contribution is 0.580. The van der Waals surface area contributed by atoms with Gasteiger partial charge in [0.1, 0.15) is 11.6 Å². The summed E-state index contributed by atoms with van der Waals surface area (Å²) >= 11 is 0. The average molecular weight is 244 g/mol. The summed E-state index contributed by atoms with van der Waals surface area (Å²) in [5.74, 6) is 1.27. The summed E-state index contributed by atoms with van der Waals surface area (Å²) in [6, 6.07) is 1.76. The van der Waals surface area contributed by atoms with Gasteiger partial charge in [-0.3, -0.25) is 0 Å². The van der Waals surface area contributed by atoms with Crippen LogP contribution in [0.25, 0.3) is 0 Å². The maximum absolute atomic E-state index is 11.2. The van der Waals surface area contributed by atoms with Crippen molar-refractivity contribution in [3.63, 3.8) is 0 Å². The van der Waals surface area contributed by atoms with E-state index in [1.807, 2.05) is 19.0 Å². The van der Waals surface area contributed by atoms with Crippen LogP contribution in [0.2, 0.25) is 0 Å². The van der Waals surface area contributed by atoms with Crippen LogP contribution in [0.3, 0.4) is 0 Å². The monoisotopic (exact) mass is 244 g/mol. The normalized spacial score (nSPS) is 11.4. The van der Waals surface area contributed by atoms with Crippen molar-refractivity contribution in [2.45, 2.75) is 13.5 Å². The van der Waals surface area contributed by atoms with Gasteiger partial charge in [-0.1, -0.05) is 0 Å². The van der Waals surface area contributed by atoms with E-state index in [1.165, 1.54) is 0 Å². The predicted molar refractivity (Wildman–Crippen MR) is 62.7 cm³/mol. The zero-order valence-corrected chi connectivity index (χ0v) is 10.5. The van der Waals surface area contributed by atoms with Gasteiger partial charge in [-0.25, -0.2) is 23.1 Å². The molecule has 0 radical (unpaired) electrons. The Morgan fingerprint density at radius 2 is 2.12 bits per heavy atom. The van der Waals surface area contributed by atoms with Crippen LogP contribution in [-0.2, 0) is 16.6 Å². The highest BCUT2D eigenvalue weighted by molar-refractivity contribution is 7.89. The van der Waals surface area contributed by atoms with Gasteiger partial charge in [0.15, 0.2) is 0 Å². The Morgan fingerprint density at radius 3 is 2.69 bits per heavy atom. The summed E-state index contributed by atoms with van der Waals surface area (Å²) in [6.07, 6.45) is 1.61. The molecule has 0 bridgehead atoms. The third-order valence-electron chi connectivity index (χ3n) is 1.98. The fraction of sp³-hybridized carbons (Fsp3) is 0.556. The maximum Gasteiger partial charge on any atom is 0.211 e. The van der Waals surface area contributed by atoms with Crippen LogP contribution < -0.4 is 9.62 Å². The number of nitrogens with one attached hydrogen (secondary N) is 1. The minimum Gasteiger partial charge on any atom is -0.363 e. The van der Waals surface area contributed by atoms with Crippen molar-refractivity contribution in [2.75, 3.05) is 24.7 Å². The van der Waals surface area contributed by atoms with Crippen molar-refractivity contribution in [1.29, 1.82) is 0 Å². The number of rotatable bonds is 5. The Morgan fingerprint density at radius 1 is 1.44 bits per heavy atom. The van der Waals surface area contributed by atoms with Crippen molar-refractivity contribution < 1.29 is 8.42 Å². The first-order valence-corrected chi connectivity index (χ1v) is 6.56. The molecule has 1 heterocycles. The minimum atomic E-state index is -3.19. The lowest BCUT2D eigenvalue weighted by Crippen LogP contribution is -2.26. The molecule has 90 valence electrons. The second kappa shape index (κ2) is 5.22. The second-order valence-corrected chi connectivity index (χ2v) is 5.55. The summed E-state index contributed by atoms with van der Waals surface area (Å²) < 4.78 is 24.8. The Labute approximate surface area is 95.8 Å². The number of hydrogen-bond acceptors (Lipinski definition) is 5. The van der Waals surface area contributed by atoms with E-state index in [1.54, 1.807) is 19.2 Å². The molecule has 0 saturated heterocycles. The summed E-state index contributed by atoms with van der Waals surface area (Å²) in [5, 5.41) is 0. The van der Waals surface area contributed by atoms with Crippen LogP contribution in [0.5, 0.6) is 0 Å². The first-order valence-electron chi connectivity index (χ1n) is 4.91. The van der Waals surface area contributed by atoms with Gasteiger partial charge < -0.3 is 4.90 Å². The molecule has 0 aliphatic carbocycles. The van der Waals surface area contributed by atoms with Crippen LogP contribution in [-0.4, -0.2) is 38.2 Å². The third-order valence-corrected chi connectivity index (χ3v) is 3.32. The molecule has 0 aromatic carbocycles. The molecule has 1 aromatic rings. The fourth-order valence-corrected chi connectivity index (χ4v) is 1.55. The van der Waals surface area contributed by atoms with Crippen molar-refractivity contribution in [3.8, 4) is 0 Å². The van der Waals surface area contributed by atoms with Crippen LogP contribution in [0.1, 0.15) is 12.7 Å². The van der Waals surface area contributed by atoms with E-state index in [9.17, 15) is 8.42 Å². The topological polar surface area (TPSA) is 75.2 Å². The number of hydrogen-bond donors (Lipinski definition) is 1. The third kappa shape index (κ3) is 3.74. The second-order valence-electron chi connectivity index (χ2n) is 3.45. The van der Waals surface area contributed by atoms with E-state index in [-0.39, 0.29) is 12.3 Å². The Hall–Kier alpha value is -1.21. The number of anilines is 1. The zero-order valence-electron chi connectivity index (χ0n) is 9.64. The number of nitrogens with zero attached hydrogens (tertiary/aromatic N) is 3. The van der Waals surface area contributed by atoms with Crippen LogP contribution >= 0.6 is 0 Å². The molecule has 0 atom stereocenters. The average Bonchev–Trinajstić information content (AvgIpc) is 2.27. The van der Waals surface area contributed by atoms with E-state index < -0.39 is 10.0 Å². The van der Waals surface area contributed by atoms with Crippen molar-refractivity contribution in [2.24, 2.45) is 0 Å². The molecule has 6 nitrogen and oxygen atoms in total. The molecule has 16 heavy (non-hydrogen) atoms. The van der Waals surface area contributed by atoms with E-state index >= 15 is 0 Å². The zero-order chi connectivity index (χ0) is 12.2. The summed E-state index contributed by atoms with van der Waals surface area (Å²) in [5.41, 5.74) is 0. The molecule has 0 unspecified atom stereocenters. The Bertz CT molecular complexity index is 445. The van der Waals surface area contributed by atoms with Gasteiger partial charge in [-0.05, 0) is 13.0 Å². The lowest BCUT2D eigenvalue weighted by Gasteiger charge is -2.11. The van der Waals surface area contributed by atoms with Gasteiger partial charge in [0.2, 0.25) is 10.0 Å². The largest absolute Gasteiger partial charge is 0.363 e. The first-order chi connectivity index (χ1) is 7.44. The first kappa shape index (κ1) is 12.9. The minimum absolute atomic E-state index is 0.0559. The lowest BCUT2D eigenvalue weighted by atomic mass is 10.5. The van der Waals surface area contributed by atoms with Gasteiger partial charge in [-0.15, -0.1) is 0 Å². The Kier molecular flexibility index (Phi) is 4.19. The molecular formula is C9H16N4O2S. The number of aromatic nitrogens is 2. The highest BCUT2D eigenvalue weighted by Gasteiger charge is 2.07. The van der Waals surface area contributed by atoms with Crippen LogP contribution in [0.15, 0.2) is 12.3 Å². The molecule has 1 rings (SSSR count). The highest BCUT2D eigenvalue weighted by Crippen LogP contribution is 2.05. The van der Waals surface area contributed by atoms with Crippen molar-refractivity contribution in [1.82, 2.24) is 14.7 Å². The SMILES string of the molecule is CCS(=O)(=O)NCc1nccc(N(C)C)n1. The van der Waals surface area contributed by atoms with Crippen molar-refractivity contribution in [3.05, 3.63) is 18.1 Å². The van der Waals surface area contributed by atoms with Gasteiger partial charge >= 0.3 is 0 Å². The van der Waals surface area contributed by atoms with E-state index in [2.05, 4.69) is 14.7 Å². The van der Waals surface area contributed by atoms with Gasteiger partial charge in [0.25, 0.3) is 0 Å². The molecule has 7 heteroatoms. The molecule has 0 aliphatic heterocycles. The van der Waals surface area contributed by atoms with Gasteiger partial charge in [-0.2, -0.15) is 0 Å². The summed E-state index contributed by atoms with van der Waals surface area (Å²) in [6.45, 7) is 1.71. The fourth-order valence-electron chi connectivity index (χ4n) is 0.999. The summed E-state index contributed by atoms with van der Waals surface area (Å²) in [7, 11) is 0.532. The summed E-state index contributed by atoms with van der Waals surface area (Å²) in [4.78, 5) is 10.0. The van der Waals surface area contributed by atoms with Gasteiger partial charge in [0.05, 0.1) is 12.3 Å². The van der Waals surface area contributed by atoms with E-state index in [0.717, 1.165) is 5.82 Å². The molecular weight excluding hydrogens is 228 g/mol. The van der Waals surface area contributed by atoms with Crippen LogP contribution in [0, 0.1) is 0 Å². The molecule has 1 aromatic heterocycles. The maximum atomic E-state index is 11.2. The predicted octanol–water partition coefficient (Wildman–Crippen LogP) is -0.0181. The molecule has 1 N–H and O–H groups in total. The van der Waals surface area contributed by atoms with Crippen molar-refractivity contribution >= 4 is 15.8 Å². The van der Waals surface area contributed by atoms with Crippen LogP contribution in [0.4, 0.5) is 5.82 Å². The highest BCUT2D eigenvalue weighted by atomic mass is 32.2. The molecule has 0 spiro atoms. The standard InChI is InChI=1S/C9H16N4O2S/c1-4-16(14,15)11-7-8-10-6-5-9(12-8)13(2)3/h5-6,11H,4,7H2,1-3H3. The smallest absolute Gasteiger partial charge is 0.211 e. The van der Waals surface area contributed by atoms with Gasteiger partial charge in [0, 0.05) is 20.3 Å².